The SMILES string of the molecule is CC(C)(C)c1cc[c-]cc1.[Ni+2].[c-]1ccccc1-c1cccc(-c2ccccn2)n1. The average molecular weight is 423 g/mol. The van der Waals surface area contributed by atoms with E-state index in [9.17, 15) is 0 Å². The summed E-state index contributed by atoms with van der Waals surface area (Å²) in [7, 11) is 0. The summed E-state index contributed by atoms with van der Waals surface area (Å²) in [4.78, 5) is 8.93. The van der Waals surface area contributed by atoms with Gasteiger partial charge in [0, 0.05) is 6.20 Å². The monoisotopic (exact) mass is 422 g/mol. The van der Waals surface area contributed by atoms with Crippen molar-refractivity contribution < 1.29 is 16.5 Å². The second-order valence-electron chi connectivity index (χ2n) is 7.44. The van der Waals surface area contributed by atoms with Gasteiger partial charge in [-0.1, -0.05) is 39.0 Å². The molecule has 0 aliphatic heterocycles. The topological polar surface area (TPSA) is 25.8 Å². The van der Waals surface area contributed by atoms with Gasteiger partial charge in [-0.25, -0.2) is 0 Å². The smallest absolute Gasteiger partial charge is 0.295 e. The van der Waals surface area contributed by atoms with Crippen molar-refractivity contribution in [3.8, 4) is 22.6 Å². The van der Waals surface area contributed by atoms with E-state index < -0.39 is 0 Å². The molecule has 2 heterocycles. The van der Waals surface area contributed by atoms with Crippen LogP contribution in [0.2, 0.25) is 0 Å². The maximum absolute atomic E-state index is 4.62. The first-order valence-electron chi connectivity index (χ1n) is 9.36. The summed E-state index contributed by atoms with van der Waals surface area (Å²) in [6.45, 7) is 6.63. The molecular weight excluding hydrogens is 399 g/mol. The van der Waals surface area contributed by atoms with E-state index in [1.165, 1.54) is 5.56 Å². The fourth-order valence-corrected chi connectivity index (χ4v) is 2.68. The zero-order chi connectivity index (χ0) is 19.8. The summed E-state index contributed by atoms with van der Waals surface area (Å²) in [5.41, 5.74) is 5.32. The van der Waals surface area contributed by atoms with Crippen LogP contribution in [0.1, 0.15) is 26.3 Å². The van der Waals surface area contributed by atoms with Crippen molar-refractivity contribution in [1.29, 1.82) is 0 Å². The fourth-order valence-electron chi connectivity index (χ4n) is 2.68. The Labute approximate surface area is 184 Å². The first kappa shape index (κ1) is 22.5. The molecule has 3 heteroatoms. The molecule has 0 N–H and O–H groups in total. The van der Waals surface area contributed by atoms with Gasteiger partial charge in [0.05, 0.1) is 11.4 Å². The number of hydrogen-bond donors (Lipinski definition) is 0. The van der Waals surface area contributed by atoms with Crippen molar-refractivity contribution in [3.05, 3.63) is 109 Å². The number of nitrogens with zero attached hydrogens (tertiary/aromatic N) is 2. The van der Waals surface area contributed by atoms with Crippen molar-refractivity contribution in [2.75, 3.05) is 0 Å². The summed E-state index contributed by atoms with van der Waals surface area (Å²) >= 11 is 0. The van der Waals surface area contributed by atoms with Gasteiger partial charge in [0.15, 0.2) is 0 Å². The van der Waals surface area contributed by atoms with Crippen LogP contribution in [0.25, 0.3) is 22.6 Å². The van der Waals surface area contributed by atoms with Gasteiger partial charge in [0.2, 0.25) is 0 Å². The molecule has 2 aromatic carbocycles. The number of pyridine rings is 2. The quantitative estimate of drug-likeness (QED) is 0.276. The van der Waals surface area contributed by atoms with E-state index in [-0.39, 0.29) is 21.9 Å². The largest absolute Gasteiger partial charge is 2.00 e. The Balaban J connectivity index is 0.000000234. The Morgan fingerprint density at radius 1 is 0.690 bits per heavy atom. The molecule has 0 aliphatic carbocycles. The van der Waals surface area contributed by atoms with E-state index in [1.54, 1.807) is 6.20 Å². The van der Waals surface area contributed by atoms with Gasteiger partial charge in [-0.3, -0.25) is 9.97 Å². The molecular formula is C26H24N2Ni. The third kappa shape index (κ3) is 6.66. The summed E-state index contributed by atoms with van der Waals surface area (Å²) in [6.07, 6.45) is 1.78. The van der Waals surface area contributed by atoms with Crippen LogP contribution in [0.3, 0.4) is 0 Å². The summed E-state index contributed by atoms with van der Waals surface area (Å²) in [5, 5.41) is 0. The minimum absolute atomic E-state index is 0. The molecule has 0 saturated heterocycles. The van der Waals surface area contributed by atoms with Crippen molar-refractivity contribution in [2.45, 2.75) is 26.2 Å². The van der Waals surface area contributed by atoms with Gasteiger partial charge in [0.1, 0.15) is 0 Å². The normalized spacial score (nSPS) is 10.3. The molecule has 2 aromatic heterocycles. The van der Waals surface area contributed by atoms with Crippen molar-refractivity contribution in [1.82, 2.24) is 9.97 Å². The molecule has 29 heavy (non-hydrogen) atoms. The first-order chi connectivity index (χ1) is 13.5. The van der Waals surface area contributed by atoms with Crippen LogP contribution in [0.5, 0.6) is 0 Å². The van der Waals surface area contributed by atoms with E-state index in [0.29, 0.717) is 0 Å². The summed E-state index contributed by atoms with van der Waals surface area (Å²) in [6, 6.07) is 33.9. The third-order valence-corrected chi connectivity index (χ3v) is 4.25. The minimum atomic E-state index is 0. The first-order valence-corrected chi connectivity index (χ1v) is 9.36. The van der Waals surface area contributed by atoms with Gasteiger partial charge < -0.3 is 0 Å². The molecule has 0 bridgehead atoms. The van der Waals surface area contributed by atoms with Crippen LogP contribution in [0, 0.1) is 12.1 Å². The van der Waals surface area contributed by atoms with Crippen LogP contribution < -0.4 is 0 Å². The zero-order valence-corrected chi connectivity index (χ0v) is 17.9. The van der Waals surface area contributed by atoms with Crippen LogP contribution in [0.15, 0.2) is 91.1 Å². The van der Waals surface area contributed by atoms with Gasteiger partial charge in [0.25, 0.3) is 0 Å². The van der Waals surface area contributed by atoms with E-state index >= 15 is 0 Å². The molecule has 148 valence electrons. The van der Waals surface area contributed by atoms with Gasteiger partial charge in [-0.05, 0) is 29.3 Å². The maximum Gasteiger partial charge on any atom is 2.00 e. The molecule has 0 atom stereocenters. The molecule has 4 aromatic rings. The van der Waals surface area contributed by atoms with Crippen LogP contribution in [-0.4, -0.2) is 9.97 Å². The molecule has 0 aliphatic rings. The number of benzene rings is 2. The average Bonchev–Trinajstić information content (AvgIpc) is 2.76. The fraction of sp³-hybridized carbons (Fsp3) is 0.154. The van der Waals surface area contributed by atoms with E-state index in [2.05, 4.69) is 55.0 Å². The molecule has 0 saturated carbocycles. The van der Waals surface area contributed by atoms with Crippen molar-refractivity contribution in [2.24, 2.45) is 0 Å². The summed E-state index contributed by atoms with van der Waals surface area (Å²) < 4.78 is 0. The van der Waals surface area contributed by atoms with Crippen LogP contribution >= 0.6 is 0 Å². The predicted octanol–water partition coefficient (Wildman–Crippen LogP) is 6.39. The van der Waals surface area contributed by atoms with Gasteiger partial charge in [-0.2, -0.15) is 35.9 Å². The molecule has 0 spiro atoms. The summed E-state index contributed by atoms with van der Waals surface area (Å²) in [5.74, 6) is 0. The Hall–Kier alpha value is -2.77. The minimum Gasteiger partial charge on any atom is -0.295 e. The van der Waals surface area contributed by atoms with Crippen LogP contribution in [-0.2, 0) is 21.9 Å². The number of hydrogen-bond acceptors (Lipinski definition) is 2. The van der Waals surface area contributed by atoms with E-state index in [0.717, 1.165) is 22.6 Å². The molecule has 0 amide bonds. The van der Waals surface area contributed by atoms with Crippen molar-refractivity contribution >= 4 is 0 Å². The molecule has 4 rings (SSSR count). The Kier molecular flexibility index (Phi) is 8.30. The Bertz CT molecular complexity index is 924. The van der Waals surface area contributed by atoms with Crippen LogP contribution in [0.4, 0.5) is 0 Å². The second-order valence-corrected chi connectivity index (χ2v) is 7.44. The third-order valence-electron chi connectivity index (χ3n) is 4.25. The molecule has 0 fully saturated rings. The Morgan fingerprint density at radius 2 is 1.38 bits per heavy atom. The zero-order valence-electron chi connectivity index (χ0n) is 16.9. The molecule has 0 radical (unpaired) electrons. The second kappa shape index (κ2) is 10.7. The van der Waals surface area contributed by atoms with E-state index in [1.807, 2.05) is 72.8 Å². The standard InChI is InChI=1S/C16H11N2.C10H13.Ni/c1-2-7-13(8-3-1)14-10-6-11-16(18-14)15-9-4-5-12-17-15;1-10(2,3)9-7-5-4-6-8-9;/h1-7,9-12H;5-8H,1-3H3;/q2*-1;+2. The Morgan fingerprint density at radius 3 is 1.97 bits per heavy atom. The van der Waals surface area contributed by atoms with E-state index in [4.69, 9.17) is 0 Å². The number of rotatable bonds is 2. The molecule has 0 unspecified atom stereocenters. The van der Waals surface area contributed by atoms with Gasteiger partial charge in [-0.15, -0.1) is 35.9 Å². The predicted molar refractivity (Wildman–Crippen MR) is 116 cm³/mol. The van der Waals surface area contributed by atoms with Gasteiger partial charge >= 0.3 is 16.5 Å². The molecule has 2 nitrogen and oxygen atoms in total. The number of aromatic nitrogens is 2. The maximum atomic E-state index is 4.62. The van der Waals surface area contributed by atoms with Crippen molar-refractivity contribution in [3.63, 3.8) is 0 Å².